The highest BCUT2D eigenvalue weighted by atomic mass is 32.1. The predicted molar refractivity (Wildman–Crippen MR) is 110 cm³/mol. The van der Waals surface area contributed by atoms with E-state index in [1.807, 2.05) is 0 Å². The zero-order valence-corrected chi connectivity index (χ0v) is 16.3. The van der Waals surface area contributed by atoms with Crippen LogP contribution in [0.25, 0.3) is 10.2 Å². The van der Waals surface area contributed by atoms with Crippen LogP contribution in [0, 0.1) is 0 Å². The van der Waals surface area contributed by atoms with Gasteiger partial charge >= 0.3 is 5.69 Å². The summed E-state index contributed by atoms with van der Waals surface area (Å²) in [7, 11) is 1.54. The fraction of sp³-hybridized carbons (Fsp3) is 0.150. The number of hydrogen-bond donors (Lipinski definition) is 1. The van der Waals surface area contributed by atoms with Gasteiger partial charge in [0.1, 0.15) is 22.8 Å². The van der Waals surface area contributed by atoms with Crippen LogP contribution in [-0.4, -0.2) is 22.2 Å². The molecule has 0 spiro atoms. The van der Waals surface area contributed by atoms with E-state index in [1.165, 1.54) is 29.3 Å². The van der Waals surface area contributed by atoms with Crippen molar-refractivity contribution in [2.45, 2.75) is 13.1 Å². The molecule has 0 fully saturated rings. The summed E-state index contributed by atoms with van der Waals surface area (Å²) >= 11 is 1.23. The zero-order chi connectivity index (χ0) is 20.4. The standard InChI is InChI=1S/C20H17N3O5S/c1-27-14-5-2-4-13(10-14)21-17(24)12-22-16-7-9-29-18(16)19(25)23(20(22)26)11-15-6-3-8-28-15/h2-10H,11-12H2,1H3,(H,21,24). The number of fused-ring (bicyclic) bond motifs is 1. The molecule has 4 rings (SSSR count). The van der Waals surface area contributed by atoms with Crippen molar-refractivity contribution in [1.82, 2.24) is 9.13 Å². The van der Waals surface area contributed by atoms with Crippen LogP contribution in [0.4, 0.5) is 5.69 Å². The first-order valence-corrected chi connectivity index (χ1v) is 9.62. The molecule has 1 amide bonds. The minimum Gasteiger partial charge on any atom is -0.497 e. The molecule has 29 heavy (non-hydrogen) atoms. The molecule has 0 saturated carbocycles. The van der Waals surface area contributed by atoms with E-state index >= 15 is 0 Å². The number of aromatic nitrogens is 2. The van der Waals surface area contributed by atoms with Crippen molar-refractivity contribution in [3.63, 3.8) is 0 Å². The lowest BCUT2D eigenvalue weighted by atomic mass is 10.3. The van der Waals surface area contributed by atoms with Crippen LogP contribution >= 0.6 is 11.3 Å². The Bertz CT molecular complexity index is 1280. The Balaban J connectivity index is 1.69. The number of methoxy groups -OCH3 is 1. The first-order valence-electron chi connectivity index (χ1n) is 8.74. The quantitative estimate of drug-likeness (QED) is 0.526. The highest BCUT2D eigenvalue weighted by Crippen LogP contribution is 2.18. The maximum atomic E-state index is 13.0. The Morgan fingerprint density at radius 1 is 1.17 bits per heavy atom. The van der Waals surface area contributed by atoms with Crippen molar-refractivity contribution in [3.8, 4) is 5.75 Å². The Morgan fingerprint density at radius 2 is 2.03 bits per heavy atom. The van der Waals surface area contributed by atoms with Crippen molar-refractivity contribution < 1.29 is 13.9 Å². The number of amides is 1. The number of benzene rings is 1. The number of rotatable bonds is 6. The van der Waals surface area contributed by atoms with Crippen molar-refractivity contribution in [3.05, 3.63) is 80.7 Å². The van der Waals surface area contributed by atoms with E-state index < -0.39 is 17.2 Å². The number of thiophene rings is 1. The molecule has 148 valence electrons. The average molecular weight is 411 g/mol. The van der Waals surface area contributed by atoms with Crippen LogP contribution in [0.15, 0.2) is 68.1 Å². The molecule has 1 aromatic carbocycles. The molecule has 4 aromatic rings. The Labute approximate surface area is 168 Å². The summed E-state index contributed by atoms with van der Waals surface area (Å²) in [5, 5.41) is 4.47. The second kappa shape index (κ2) is 7.80. The van der Waals surface area contributed by atoms with E-state index in [0.717, 1.165) is 4.57 Å². The van der Waals surface area contributed by atoms with Gasteiger partial charge in [0, 0.05) is 11.8 Å². The topological polar surface area (TPSA) is 95.5 Å². The Morgan fingerprint density at radius 3 is 2.79 bits per heavy atom. The summed E-state index contributed by atoms with van der Waals surface area (Å²) in [6.07, 6.45) is 1.48. The van der Waals surface area contributed by atoms with Crippen LogP contribution in [0.1, 0.15) is 5.76 Å². The number of anilines is 1. The zero-order valence-electron chi connectivity index (χ0n) is 15.5. The van der Waals surface area contributed by atoms with Gasteiger partial charge in [0.05, 0.1) is 25.4 Å². The van der Waals surface area contributed by atoms with Crippen molar-refractivity contribution in [2.75, 3.05) is 12.4 Å². The normalized spacial score (nSPS) is 10.9. The summed E-state index contributed by atoms with van der Waals surface area (Å²) in [6, 6.07) is 12.0. The summed E-state index contributed by atoms with van der Waals surface area (Å²) in [5.74, 6) is 0.690. The number of hydrogen-bond acceptors (Lipinski definition) is 6. The number of carbonyl (C=O) groups excluding carboxylic acids is 1. The molecule has 0 atom stereocenters. The second-order valence-electron chi connectivity index (χ2n) is 6.25. The summed E-state index contributed by atoms with van der Waals surface area (Å²) in [4.78, 5) is 38.3. The van der Waals surface area contributed by atoms with Crippen molar-refractivity contribution in [1.29, 1.82) is 0 Å². The van der Waals surface area contributed by atoms with Crippen molar-refractivity contribution in [2.24, 2.45) is 0 Å². The summed E-state index contributed by atoms with van der Waals surface area (Å²) < 4.78 is 13.2. The van der Waals surface area contributed by atoms with Gasteiger partial charge < -0.3 is 14.5 Å². The van der Waals surface area contributed by atoms with Crippen molar-refractivity contribution >= 4 is 33.1 Å². The fourth-order valence-corrected chi connectivity index (χ4v) is 3.87. The van der Waals surface area contributed by atoms with E-state index in [1.54, 1.807) is 47.8 Å². The van der Waals surface area contributed by atoms with Gasteiger partial charge in [0.25, 0.3) is 5.56 Å². The molecule has 0 aliphatic carbocycles. The van der Waals surface area contributed by atoms with Gasteiger partial charge in [-0.2, -0.15) is 0 Å². The minimum atomic E-state index is -0.571. The van der Waals surface area contributed by atoms with Gasteiger partial charge in [-0.3, -0.25) is 18.7 Å². The third-order valence-electron chi connectivity index (χ3n) is 4.39. The highest BCUT2D eigenvalue weighted by molar-refractivity contribution is 7.17. The molecule has 0 saturated heterocycles. The van der Waals surface area contributed by atoms with E-state index in [4.69, 9.17) is 9.15 Å². The highest BCUT2D eigenvalue weighted by Gasteiger charge is 2.17. The Kier molecular flexibility index (Phi) is 5.05. The van der Waals surface area contributed by atoms with Crippen LogP contribution < -0.4 is 21.3 Å². The van der Waals surface area contributed by atoms with Gasteiger partial charge in [-0.25, -0.2) is 4.79 Å². The van der Waals surface area contributed by atoms with Gasteiger partial charge in [-0.1, -0.05) is 6.07 Å². The van der Waals surface area contributed by atoms with E-state index in [0.29, 0.717) is 27.4 Å². The Hall–Kier alpha value is -3.59. The first-order chi connectivity index (χ1) is 14.1. The van der Waals surface area contributed by atoms with Gasteiger partial charge in [-0.05, 0) is 35.7 Å². The number of ether oxygens (including phenoxy) is 1. The first kappa shape index (κ1) is 18.8. The maximum absolute atomic E-state index is 13.0. The van der Waals surface area contributed by atoms with Gasteiger partial charge in [0.2, 0.25) is 5.91 Å². The second-order valence-corrected chi connectivity index (χ2v) is 7.17. The predicted octanol–water partition coefficient (Wildman–Crippen LogP) is 2.51. The number of furan rings is 1. The molecule has 9 heteroatoms. The molecule has 0 radical (unpaired) electrons. The van der Waals surface area contributed by atoms with E-state index in [2.05, 4.69) is 5.32 Å². The molecule has 8 nitrogen and oxygen atoms in total. The van der Waals surface area contributed by atoms with Gasteiger partial charge in [-0.15, -0.1) is 11.3 Å². The monoisotopic (exact) mass is 411 g/mol. The summed E-state index contributed by atoms with van der Waals surface area (Å²) in [5.41, 5.74) is 0.00769. The van der Waals surface area contributed by atoms with Gasteiger partial charge in [0.15, 0.2) is 0 Å². The number of nitrogens with zero attached hydrogens (tertiary/aromatic N) is 2. The number of carbonyl (C=O) groups is 1. The molecule has 0 aliphatic heterocycles. The number of nitrogens with one attached hydrogen (secondary N) is 1. The molecule has 3 aromatic heterocycles. The molecular weight excluding hydrogens is 394 g/mol. The fourth-order valence-electron chi connectivity index (χ4n) is 3.03. The van der Waals surface area contributed by atoms with E-state index in [-0.39, 0.29) is 13.1 Å². The lowest BCUT2D eigenvalue weighted by Crippen LogP contribution is -2.41. The lowest BCUT2D eigenvalue weighted by Gasteiger charge is -2.12. The van der Waals surface area contributed by atoms with Crippen LogP contribution in [0.5, 0.6) is 5.75 Å². The molecule has 3 heterocycles. The molecule has 0 aliphatic rings. The van der Waals surface area contributed by atoms with Crippen LogP contribution in [0.2, 0.25) is 0 Å². The van der Waals surface area contributed by atoms with Crippen LogP contribution in [0.3, 0.4) is 0 Å². The molecular formula is C20H17N3O5S. The third kappa shape index (κ3) is 3.72. The molecule has 0 unspecified atom stereocenters. The average Bonchev–Trinajstić information content (AvgIpc) is 3.40. The maximum Gasteiger partial charge on any atom is 0.332 e. The minimum absolute atomic E-state index is 0.00396. The molecule has 0 bridgehead atoms. The molecule has 1 N–H and O–H groups in total. The summed E-state index contributed by atoms with van der Waals surface area (Å²) in [6.45, 7) is -0.238. The third-order valence-corrected chi connectivity index (χ3v) is 5.28. The SMILES string of the molecule is COc1cccc(NC(=O)Cn2c(=O)n(Cc3ccco3)c(=O)c3sccc32)c1. The van der Waals surface area contributed by atoms with Crippen LogP contribution in [-0.2, 0) is 17.9 Å². The smallest absolute Gasteiger partial charge is 0.332 e. The van der Waals surface area contributed by atoms with E-state index in [9.17, 15) is 14.4 Å². The lowest BCUT2D eigenvalue weighted by molar-refractivity contribution is -0.116. The largest absolute Gasteiger partial charge is 0.497 e.